The summed E-state index contributed by atoms with van der Waals surface area (Å²) in [6, 6.07) is 9.01. The third kappa shape index (κ3) is 12.4. The smallest absolute Gasteiger partial charge is 0 e. The average molecular weight is 411 g/mol. The van der Waals surface area contributed by atoms with Crippen LogP contribution in [-0.4, -0.2) is 19.0 Å². The minimum atomic E-state index is 0. The zero-order valence-corrected chi connectivity index (χ0v) is 14.3. The van der Waals surface area contributed by atoms with E-state index in [9.17, 15) is 0 Å². The van der Waals surface area contributed by atoms with Gasteiger partial charge in [-0.1, -0.05) is 18.2 Å². The molecule has 0 aromatic heterocycles. The van der Waals surface area contributed by atoms with Crippen molar-refractivity contribution >= 4 is 22.6 Å². The van der Waals surface area contributed by atoms with Crippen LogP contribution in [0.3, 0.4) is 0 Å². The van der Waals surface area contributed by atoms with Gasteiger partial charge >= 0.3 is 33.9 Å². The minimum absolute atomic E-state index is 0. The van der Waals surface area contributed by atoms with Crippen LogP contribution in [0.4, 0.5) is 0 Å². The number of halogens is 1. The topological polar surface area (TPSA) is 62.9 Å². The van der Waals surface area contributed by atoms with Gasteiger partial charge < -0.3 is 4.90 Å². The van der Waals surface area contributed by atoms with Crippen molar-refractivity contribution < 1.29 is 31.3 Å². The second-order valence-corrected chi connectivity index (χ2v) is 4.32. The molecule has 1 atom stereocenters. The Morgan fingerprint density at radius 1 is 1.00 bits per heavy atom. The number of rotatable bonds is 2. The van der Waals surface area contributed by atoms with Gasteiger partial charge in [-0.15, -0.1) is 0 Å². The van der Waals surface area contributed by atoms with Crippen LogP contribution in [-0.2, 0) is 31.3 Å². The van der Waals surface area contributed by atoms with E-state index in [4.69, 9.17) is 14.0 Å². The van der Waals surface area contributed by atoms with E-state index in [2.05, 4.69) is 92.7 Å². The van der Waals surface area contributed by atoms with Gasteiger partial charge in [-0.25, -0.2) is 0 Å². The maximum atomic E-state index is 7.50. The zero-order chi connectivity index (χ0) is 15.1. The van der Waals surface area contributed by atoms with Gasteiger partial charge in [-0.05, 0) is 55.2 Å². The summed E-state index contributed by atoms with van der Waals surface area (Å²) in [6.45, 7) is 15.7. The van der Waals surface area contributed by atoms with Crippen molar-refractivity contribution in [1.29, 1.82) is 0 Å². The predicted octanol–water partition coefficient (Wildman–Crippen LogP) is 2.80. The Hall–Kier alpha value is -0.338. The largest absolute Gasteiger partial charge is 0 e. The molecule has 0 bridgehead atoms. The van der Waals surface area contributed by atoms with Crippen molar-refractivity contribution in [2.24, 2.45) is 0 Å². The molecule has 1 rings (SSSR count). The van der Waals surface area contributed by atoms with Crippen LogP contribution in [0.2, 0.25) is 0 Å². The molecule has 0 aliphatic heterocycles. The Bertz CT molecular complexity index is 363. The molecule has 0 radical (unpaired) electrons. The Morgan fingerprint density at radius 3 is 1.68 bits per heavy atom. The summed E-state index contributed by atoms with van der Waals surface area (Å²) in [5.74, 6) is 0. The molecule has 0 spiro atoms. The fourth-order valence-electron chi connectivity index (χ4n) is 1.09. The van der Waals surface area contributed by atoms with Crippen LogP contribution in [0.15, 0.2) is 24.3 Å². The molecule has 6 heteroatoms. The van der Waals surface area contributed by atoms with Crippen molar-refractivity contribution in [3.8, 4) is 0 Å². The number of nitrogens with zero attached hydrogens (tertiary/aromatic N) is 1. The average Bonchev–Trinajstić information content (AvgIpc) is 2.45. The van der Waals surface area contributed by atoms with Gasteiger partial charge in [0, 0.05) is 27.0 Å². The van der Waals surface area contributed by atoms with E-state index < -0.39 is 0 Å². The molecule has 0 saturated carbocycles. The maximum absolute atomic E-state index is 7.50. The molecule has 102 valence electrons. The van der Waals surface area contributed by atoms with E-state index in [1.165, 1.54) is 9.13 Å². The van der Waals surface area contributed by atoms with Gasteiger partial charge in [0.1, 0.15) is 0 Å². The van der Waals surface area contributed by atoms with Crippen molar-refractivity contribution in [3.63, 3.8) is 0 Å². The molecular weight excluding hydrogens is 397 g/mol. The summed E-state index contributed by atoms with van der Waals surface area (Å²) >= 11 is 2.38. The zero-order valence-electron chi connectivity index (χ0n) is 10.8. The molecule has 0 fully saturated rings. The first-order chi connectivity index (χ1) is 8.63. The number of hydrogen-bond donors (Lipinski definition) is 0. The molecule has 0 unspecified atom stereocenters. The minimum Gasteiger partial charge on any atom is 0 e. The summed E-state index contributed by atoms with van der Waals surface area (Å²) in [6.07, 6.45) is 0. The molecule has 0 amide bonds. The Morgan fingerprint density at radius 2 is 1.37 bits per heavy atom. The third-order valence-electron chi connectivity index (χ3n) is 2.13. The number of benzene rings is 1. The van der Waals surface area contributed by atoms with Gasteiger partial charge in [0.05, 0.1) is 0 Å². The summed E-state index contributed by atoms with van der Waals surface area (Å²) < 4.78 is 23.8. The van der Waals surface area contributed by atoms with E-state index in [1.54, 1.807) is 0 Å². The molecule has 0 saturated heterocycles. The first kappa shape index (κ1) is 27.1. The molecular formula is C13H14CrINO3. The van der Waals surface area contributed by atoms with Gasteiger partial charge in [0.15, 0.2) is 0 Å². The van der Waals surface area contributed by atoms with Crippen LogP contribution in [0.5, 0.6) is 0 Å². The summed E-state index contributed by atoms with van der Waals surface area (Å²) in [5, 5.41) is 0. The van der Waals surface area contributed by atoms with Crippen LogP contribution in [0, 0.1) is 23.5 Å². The van der Waals surface area contributed by atoms with Crippen molar-refractivity contribution in [2.45, 2.75) is 13.0 Å². The van der Waals surface area contributed by atoms with Crippen molar-refractivity contribution in [2.75, 3.05) is 14.1 Å². The molecule has 1 aromatic carbocycles. The molecule has 1 aromatic rings. The van der Waals surface area contributed by atoms with Crippen LogP contribution in [0.1, 0.15) is 18.5 Å². The van der Waals surface area contributed by atoms with Crippen LogP contribution >= 0.6 is 22.6 Å². The SMILES string of the molecule is C[C@@H](c1ccccc1I)N(C)C.[C-]#[O+].[C-]#[O+].[C-]#[O+].[Cr]. The van der Waals surface area contributed by atoms with E-state index in [1.807, 2.05) is 0 Å². The fraction of sp³-hybridized carbons (Fsp3) is 0.308. The van der Waals surface area contributed by atoms with Gasteiger partial charge in [0.25, 0.3) is 0 Å². The second kappa shape index (κ2) is 20.0. The standard InChI is InChI=1S/C10H14IN.3CO.Cr/c1-8(12(2)3)9-6-4-5-7-10(9)11;3*1-2;/h4-8H,1-3H3;;;;/t8-;;;;/m0..../s1. The summed E-state index contributed by atoms with van der Waals surface area (Å²) in [7, 11) is 4.21. The first-order valence-corrected chi connectivity index (χ1v) is 5.73. The summed E-state index contributed by atoms with van der Waals surface area (Å²) in [4.78, 5) is 2.22. The molecule has 0 N–H and O–H groups in total. The Labute approximate surface area is 139 Å². The Balaban J connectivity index is -0.000000142. The Kier molecular flexibility index (Phi) is 28.5. The van der Waals surface area contributed by atoms with Gasteiger partial charge in [-0.2, -0.15) is 0 Å². The maximum Gasteiger partial charge on any atom is 0 e. The molecule has 4 nitrogen and oxygen atoms in total. The molecule has 0 heterocycles. The second-order valence-electron chi connectivity index (χ2n) is 3.16. The van der Waals surface area contributed by atoms with Crippen molar-refractivity contribution in [1.82, 2.24) is 4.90 Å². The number of hydrogen-bond acceptors (Lipinski definition) is 1. The van der Waals surface area contributed by atoms with Gasteiger partial charge in [-0.3, -0.25) is 0 Å². The fourth-order valence-corrected chi connectivity index (χ4v) is 1.93. The van der Waals surface area contributed by atoms with Crippen LogP contribution < -0.4 is 0 Å². The quantitative estimate of drug-likeness (QED) is 0.420. The normalized spacial score (nSPS) is 8.79. The third-order valence-corrected chi connectivity index (χ3v) is 3.11. The first-order valence-electron chi connectivity index (χ1n) is 4.65. The van der Waals surface area contributed by atoms with E-state index in [0.717, 1.165) is 0 Å². The van der Waals surface area contributed by atoms with Crippen molar-refractivity contribution in [3.05, 3.63) is 53.4 Å². The monoisotopic (exact) mass is 411 g/mol. The molecule has 19 heavy (non-hydrogen) atoms. The summed E-state index contributed by atoms with van der Waals surface area (Å²) in [5.41, 5.74) is 1.41. The van der Waals surface area contributed by atoms with Crippen LogP contribution in [0.25, 0.3) is 0 Å². The van der Waals surface area contributed by atoms with E-state index in [-0.39, 0.29) is 17.4 Å². The molecule has 0 aliphatic rings. The predicted molar refractivity (Wildman–Crippen MR) is 73.0 cm³/mol. The van der Waals surface area contributed by atoms with E-state index in [0.29, 0.717) is 6.04 Å². The van der Waals surface area contributed by atoms with Gasteiger partial charge in [0.2, 0.25) is 0 Å². The van der Waals surface area contributed by atoms with E-state index >= 15 is 0 Å². The molecule has 0 aliphatic carbocycles.